The number of carbonyl (C=O) groups is 1. The van der Waals surface area contributed by atoms with Crippen LogP contribution in [0.5, 0.6) is 5.75 Å². The average Bonchev–Trinajstić information content (AvgIpc) is 3.36. The Hall–Kier alpha value is -1.91. The SMILES string of the molecule is CN(CCC(Oc1cccc2ccccc12)c1cccs1)C(=O)OCSSCC(O)CO. The summed E-state index contributed by atoms with van der Waals surface area (Å²) in [4.78, 5) is 14.9. The van der Waals surface area contributed by atoms with E-state index in [9.17, 15) is 9.90 Å². The third-order valence-electron chi connectivity index (χ3n) is 4.70. The summed E-state index contributed by atoms with van der Waals surface area (Å²) in [6.07, 6.45) is -0.724. The Morgan fingerprint density at radius 2 is 1.94 bits per heavy atom. The molecule has 0 aliphatic carbocycles. The van der Waals surface area contributed by atoms with Crippen LogP contribution >= 0.6 is 32.9 Å². The molecule has 0 spiro atoms. The monoisotopic (exact) mass is 493 g/mol. The third kappa shape index (κ3) is 7.31. The first-order valence-electron chi connectivity index (χ1n) is 10.2. The summed E-state index contributed by atoms with van der Waals surface area (Å²) in [5, 5.41) is 22.3. The zero-order valence-corrected chi connectivity index (χ0v) is 20.2. The van der Waals surface area contributed by atoms with Gasteiger partial charge in [-0.15, -0.1) is 11.3 Å². The zero-order valence-electron chi connectivity index (χ0n) is 17.8. The Bertz CT molecular complexity index is 964. The maximum Gasteiger partial charge on any atom is 0.410 e. The molecule has 2 unspecified atom stereocenters. The van der Waals surface area contributed by atoms with Gasteiger partial charge in [-0.3, -0.25) is 0 Å². The molecule has 0 bridgehead atoms. The van der Waals surface area contributed by atoms with E-state index in [-0.39, 0.29) is 18.6 Å². The van der Waals surface area contributed by atoms with Crippen LogP contribution in [0.15, 0.2) is 60.0 Å². The summed E-state index contributed by atoms with van der Waals surface area (Å²) in [6, 6.07) is 18.2. The van der Waals surface area contributed by atoms with Crippen LogP contribution in [-0.4, -0.2) is 59.2 Å². The normalized spacial score (nSPS) is 13.0. The Labute approximate surface area is 199 Å². The minimum absolute atomic E-state index is 0.173. The number of hydrogen-bond donors (Lipinski definition) is 2. The first-order valence-corrected chi connectivity index (χ1v) is 13.5. The number of nitrogens with zero attached hydrogens (tertiary/aromatic N) is 1. The van der Waals surface area contributed by atoms with Gasteiger partial charge in [-0.2, -0.15) is 0 Å². The molecular weight excluding hydrogens is 466 g/mol. The lowest BCUT2D eigenvalue weighted by atomic mass is 10.1. The van der Waals surface area contributed by atoms with Crippen molar-refractivity contribution in [2.24, 2.45) is 0 Å². The van der Waals surface area contributed by atoms with E-state index in [1.54, 1.807) is 23.3 Å². The van der Waals surface area contributed by atoms with E-state index in [4.69, 9.17) is 14.6 Å². The van der Waals surface area contributed by atoms with Gasteiger partial charge in [0.25, 0.3) is 0 Å². The van der Waals surface area contributed by atoms with Crippen LogP contribution in [0.25, 0.3) is 10.8 Å². The van der Waals surface area contributed by atoms with Gasteiger partial charge in [-0.25, -0.2) is 4.79 Å². The molecule has 2 N–H and O–H groups in total. The number of ether oxygens (including phenoxy) is 2. The number of aliphatic hydroxyl groups excluding tert-OH is 2. The van der Waals surface area contributed by atoms with Gasteiger partial charge in [0.15, 0.2) is 0 Å². The summed E-state index contributed by atoms with van der Waals surface area (Å²) in [6.45, 7) is 0.204. The highest BCUT2D eigenvalue weighted by Gasteiger charge is 2.19. The van der Waals surface area contributed by atoms with Crippen LogP contribution in [0.3, 0.4) is 0 Å². The second kappa shape index (κ2) is 13.0. The van der Waals surface area contributed by atoms with Crippen molar-refractivity contribution >= 4 is 49.8 Å². The maximum atomic E-state index is 12.3. The van der Waals surface area contributed by atoms with Gasteiger partial charge < -0.3 is 24.6 Å². The fourth-order valence-electron chi connectivity index (χ4n) is 2.99. The topological polar surface area (TPSA) is 79.2 Å². The molecule has 0 saturated heterocycles. The molecule has 2 atom stereocenters. The largest absolute Gasteiger partial charge is 0.484 e. The number of amides is 1. The molecule has 3 rings (SSSR count). The highest BCUT2D eigenvalue weighted by molar-refractivity contribution is 8.76. The summed E-state index contributed by atoms with van der Waals surface area (Å²) in [7, 11) is 4.38. The van der Waals surface area contributed by atoms with Crippen LogP contribution in [0.4, 0.5) is 4.79 Å². The molecule has 0 radical (unpaired) electrons. The highest BCUT2D eigenvalue weighted by atomic mass is 33.1. The molecule has 0 aliphatic rings. The standard InChI is InChI=1S/C23H27NO5S3/c1-24(23(27)28-16-32-31-15-18(26)14-25)12-11-21(22-10-5-13-30-22)29-20-9-4-7-17-6-2-3-8-19(17)20/h2-10,13,18,21,25-26H,11-12,14-16H2,1H3. The summed E-state index contributed by atoms with van der Waals surface area (Å²) < 4.78 is 11.7. The van der Waals surface area contributed by atoms with Gasteiger partial charge in [0.2, 0.25) is 0 Å². The molecule has 32 heavy (non-hydrogen) atoms. The van der Waals surface area contributed by atoms with Crippen molar-refractivity contribution < 1.29 is 24.5 Å². The molecule has 2 aromatic carbocycles. The number of benzene rings is 2. The molecule has 3 aromatic rings. The molecular formula is C23H27NO5S3. The first-order chi connectivity index (χ1) is 15.6. The fourth-order valence-corrected chi connectivity index (χ4v) is 5.46. The second-order valence-corrected chi connectivity index (χ2v) is 10.5. The van der Waals surface area contributed by atoms with Gasteiger partial charge >= 0.3 is 6.09 Å². The van der Waals surface area contributed by atoms with Crippen molar-refractivity contribution in [3.63, 3.8) is 0 Å². The molecule has 1 aromatic heterocycles. The van der Waals surface area contributed by atoms with Crippen LogP contribution < -0.4 is 4.74 Å². The Morgan fingerprint density at radius 1 is 1.12 bits per heavy atom. The number of thiophene rings is 1. The molecule has 172 valence electrons. The predicted octanol–water partition coefficient (Wildman–Crippen LogP) is 5.17. The molecule has 0 fully saturated rings. The van der Waals surface area contributed by atoms with E-state index >= 15 is 0 Å². The molecule has 1 heterocycles. The minimum atomic E-state index is -0.762. The number of fused-ring (bicyclic) bond motifs is 1. The number of aliphatic hydroxyl groups is 2. The predicted molar refractivity (Wildman–Crippen MR) is 133 cm³/mol. The smallest absolute Gasteiger partial charge is 0.410 e. The summed E-state index contributed by atoms with van der Waals surface area (Å²) in [5.41, 5.74) is 0. The fraction of sp³-hybridized carbons (Fsp3) is 0.348. The van der Waals surface area contributed by atoms with E-state index in [1.807, 2.05) is 41.8 Å². The van der Waals surface area contributed by atoms with Gasteiger partial charge in [0, 0.05) is 36.0 Å². The van der Waals surface area contributed by atoms with Crippen LogP contribution in [0.1, 0.15) is 17.4 Å². The third-order valence-corrected chi connectivity index (χ3v) is 7.77. The number of rotatable bonds is 12. The van der Waals surface area contributed by atoms with E-state index in [0.29, 0.717) is 18.7 Å². The van der Waals surface area contributed by atoms with Gasteiger partial charge in [0.1, 0.15) is 17.8 Å². The summed E-state index contributed by atoms with van der Waals surface area (Å²) in [5.74, 6) is 1.38. The molecule has 0 saturated carbocycles. The lowest BCUT2D eigenvalue weighted by Gasteiger charge is -2.23. The first kappa shape index (κ1) is 24.7. The van der Waals surface area contributed by atoms with Crippen LogP contribution in [0.2, 0.25) is 0 Å². The quantitative estimate of drug-likeness (QED) is 0.205. The van der Waals surface area contributed by atoms with Crippen molar-refractivity contribution in [3.05, 3.63) is 64.9 Å². The van der Waals surface area contributed by atoms with Gasteiger partial charge in [-0.1, -0.05) is 64.1 Å². The van der Waals surface area contributed by atoms with Crippen molar-refractivity contribution in [1.82, 2.24) is 4.90 Å². The van der Waals surface area contributed by atoms with E-state index in [2.05, 4.69) is 18.2 Å². The van der Waals surface area contributed by atoms with Gasteiger partial charge in [-0.05, 0) is 22.9 Å². The molecule has 9 heteroatoms. The van der Waals surface area contributed by atoms with Gasteiger partial charge in [0.05, 0.1) is 12.7 Å². The van der Waals surface area contributed by atoms with Crippen molar-refractivity contribution in [2.75, 3.05) is 31.9 Å². The van der Waals surface area contributed by atoms with E-state index in [0.717, 1.165) is 21.4 Å². The van der Waals surface area contributed by atoms with E-state index < -0.39 is 12.2 Å². The molecule has 0 aliphatic heterocycles. The van der Waals surface area contributed by atoms with Crippen molar-refractivity contribution in [3.8, 4) is 5.75 Å². The van der Waals surface area contributed by atoms with Crippen LogP contribution in [0, 0.1) is 0 Å². The Balaban J connectivity index is 1.54. The maximum absolute atomic E-state index is 12.3. The average molecular weight is 494 g/mol. The Kier molecular flexibility index (Phi) is 10.0. The van der Waals surface area contributed by atoms with Crippen molar-refractivity contribution in [2.45, 2.75) is 18.6 Å². The highest BCUT2D eigenvalue weighted by Crippen LogP contribution is 2.33. The van der Waals surface area contributed by atoms with Crippen LogP contribution in [-0.2, 0) is 4.74 Å². The molecule has 1 amide bonds. The van der Waals surface area contributed by atoms with E-state index in [1.165, 1.54) is 21.6 Å². The number of hydrogen-bond acceptors (Lipinski definition) is 8. The van der Waals surface area contributed by atoms with Crippen molar-refractivity contribution in [1.29, 1.82) is 0 Å². The minimum Gasteiger partial charge on any atom is -0.484 e. The molecule has 6 nitrogen and oxygen atoms in total. The lowest BCUT2D eigenvalue weighted by molar-refractivity contribution is 0.114. The Morgan fingerprint density at radius 3 is 2.72 bits per heavy atom. The lowest BCUT2D eigenvalue weighted by Crippen LogP contribution is -2.29. The second-order valence-electron chi connectivity index (χ2n) is 7.08. The zero-order chi connectivity index (χ0) is 22.8. The summed E-state index contributed by atoms with van der Waals surface area (Å²) >= 11 is 1.64. The number of carbonyl (C=O) groups excluding carboxylic acids is 1.